The van der Waals surface area contributed by atoms with Crippen LogP contribution in [0.25, 0.3) is 0 Å². The smallest absolute Gasteiger partial charge is 0.125 e. The first kappa shape index (κ1) is 14.8. The molecule has 0 aliphatic heterocycles. The Hall–Kier alpha value is -1.22. The van der Waals surface area contributed by atoms with Gasteiger partial charge in [-0.1, -0.05) is 26.8 Å². The van der Waals surface area contributed by atoms with Crippen molar-refractivity contribution in [2.24, 2.45) is 5.41 Å². The monoisotopic (exact) mass is 252 g/mol. The zero-order valence-electron chi connectivity index (χ0n) is 12.0. The number of aliphatic hydroxyl groups is 1. The molecule has 0 spiro atoms. The summed E-state index contributed by atoms with van der Waals surface area (Å²) in [5, 5.41) is 10.1. The van der Waals surface area contributed by atoms with Crippen molar-refractivity contribution >= 4 is 0 Å². The second-order valence-electron chi connectivity index (χ2n) is 5.56. The van der Waals surface area contributed by atoms with Crippen LogP contribution in [0.2, 0.25) is 0 Å². The molecule has 0 heterocycles. The predicted octanol–water partition coefficient (Wildman–Crippen LogP) is 3.04. The molecule has 0 saturated carbocycles. The van der Waals surface area contributed by atoms with E-state index in [1.807, 2.05) is 39.0 Å². The van der Waals surface area contributed by atoms with Gasteiger partial charge in [-0.25, -0.2) is 0 Å². The van der Waals surface area contributed by atoms with Gasteiger partial charge in [0.1, 0.15) is 11.5 Å². The average molecular weight is 252 g/mol. The molecule has 0 aromatic heterocycles. The third-order valence-corrected chi connectivity index (χ3v) is 3.20. The average Bonchev–Trinajstić information content (AvgIpc) is 2.34. The molecule has 102 valence electrons. The Bertz CT molecular complexity index is 358. The SMILES string of the molecule is COc1cccc(OC)c1CCC(O)C(C)(C)C. The molecule has 0 radical (unpaired) electrons. The number of rotatable bonds is 5. The zero-order valence-corrected chi connectivity index (χ0v) is 12.0. The van der Waals surface area contributed by atoms with Gasteiger partial charge in [0.25, 0.3) is 0 Å². The van der Waals surface area contributed by atoms with E-state index in [1.54, 1.807) is 14.2 Å². The van der Waals surface area contributed by atoms with E-state index in [9.17, 15) is 5.11 Å². The molecule has 1 N–H and O–H groups in total. The molecule has 1 aromatic rings. The highest BCUT2D eigenvalue weighted by Gasteiger charge is 2.22. The largest absolute Gasteiger partial charge is 0.496 e. The topological polar surface area (TPSA) is 38.7 Å². The van der Waals surface area contributed by atoms with E-state index in [2.05, 4.69) is 0 Å². The minimum absolute atomic E-state index is 0.102. The van der Waals surface area contributed by atoms with Crippen molar-refractivity contribution < 1.29 is 14.6 Å². The fourth-order valence-corrected chi connectivity index (χ4v) is 1.89. The van der Waals surface area contributed by atoms with Gasteiger partial charge >= 0.3 is 0 Å². The highest BCUT2D eigenvalue weighted by molar-refractivity contribution is 5.44. The molecule has 0 amide bonds. The van der Waals surface area contributed by atoms with Gasteiger partial charge in [-0.15, -0.1) is 0 Å². The first-order chi connectivity index (χ1) is 8.40. The third-order valence-electron chi connectivity index (χ3n) is 3.20. The Morgan fingerprint density at radius 2 is 1.61 bits per heavy atom. The van der Waals surface area contributed by atoms with Gasteiger partial charge in [0.05, 0.1) is 20.3 Å². The second-order valence-corrected chi connectivity index (χ2v) is 5.56. The van der Waals surface area contributed by atoms with Crippen LogP contribution in [-0.4, -0.2) is 25.4 Å². The van der Waals surface area contributed by atoms with Crippen molar-refractivity contribution in [3.05, 3.63) is 23.8 Å². The first-order valence-corrected chi connectivity index (χ1v) is 6.28. The summed E-state index contributed by atoms with van der Waals surface area (Å²) in [4.78, 5) is 0. The highest BCUT2D eigenvalue weighted by Crippen LogP contribution is 2.31. The Morgan fingerprint density at radius 1 is 1.11 bits per heavy atom. The van der Waals surface area contributed by atoms with Crippen molar-refractivity contribution in [1.29, 1.82) is 0 Å². The van der Waals surface area contributed by atoms with Gasteiger partial charge in [0.2, 0.25) is 0 Å². The Kier molecular flexibility index (Phi) is 5.03. The summed E-state index contributed by atoms with van der Waals surface area (Å²) in [7, 11) is 3.30. The Balaban J connectivity index is 2.83. The standard InChI is InChI=1S/C15H24O3/c1-15(2,3)14(16)10-9-11-12(17-4)7-6-8-13(11)18-5/h6-8,14,16H,9-10H2,1-5H3. The Labute approximate surface area is 110 Å². The lowest BCUT2D eigenvalue weighted by Crippen LogP contribution is -2.26. The molecule has 3 nitrogen and oxygen atoms in total. The van der Waals surface area contributed by atoms with Crippen LogP contribution < -0.4 is 9.47 Å². The molecule has 1 rings (SSSR count). The van der Waals surface area contributed by atoms with Crippen LogP contribution in [0.5, 0.6) is 11.5 Å². The molecule has 0 bridgehead atoms. The van der Waals surface area contributed by atoms with Crippen molar-refractivity contribution in [3.8, 4) is 11.5 Å². The van der Waals surface area contributed by atoms with E-state index in [0.717, 1.165) is 23.5 Å². The number of hydrogen-bond acceptors (Lipinski definition) is 3. The van der Waals surface area contributed by atoms with Crippen molar-refractivity contribution in [1.82, 2.24) is 0 Å². The molecule has 0 fully saturated rings. The van der Waals surface area contributed by atoms with Crippen molar-refractivity contribution in [3.63, 3.8) is 0 Å². The first-order valence-electron chi connectivity index (χ1n) is 6.28. The predicted molar refractivity (Wildman–Crippen MR) is 73.3 cm³/mol. The number of ether oxygens (including phenoxy) is 2. The minimum atomic E-state index is -0.341. The van der Waals surface area contributed by atoms with Crippen LogP contribution in [0.4, 0.5) is 0 Å². The Morgan fingerprint density at radius 3 is 2.00 bits per heavy atom. The van der Waals surface area contributed by atoms with Crippen LogP contribution in [-0.2, 0) is 6.42 Å². The third kappa shape index (κ3) is 3.64. The number of methoxy groups -OCH3 is 2. The molecule has 18 heavy (non-hydrogen) atoms. The van der Waals surface area contributed by atoms with Gasteiger partial charge in [-0.2, -0.15) is 0 Å². The highest BCUT2D eigenvalue weighted by atomic mass is 16.5. The number of aliphatic hydroxyl groups excluding tert-OH is 1. The van der Waals surface area contributed by atoms with E-state index in [-0.39, 0.29) is 11.5 Å². The zero-order chi connectivity index (χ0) is 13.8. The maximum absolute atomic E-state index is 10.1. The number of hydrogen-bond donors (Lipinski definition) is 1. The van der Waals surface area contributed by atoms with E-state index in [4.69, 9.17) is 9.47 Å². The van der Waals surface area contributed by atoms with E-state index < -0.39 is 0 Å². The van der Waals surface area contributed by atoms with Crippen molar-refractivity contribution in [2.45, 2.75) is 39.7 Å². The maximum Gasteiger partial charge on any atom is 0.125 e. The van der Waals surface area contributed by atoms with Gasteiger partial charge in [-0.3, -0.25) is 0 Å². The van der Waals surface area contributed by atoms with Gasteiger partial charge in [0.15, 0.2) is 0 Å². The van der Waals surface area contributed by atoms with Crippen LogP contribution in [0.3, 0.4) is 0 Å². The minimum Gasteiger partial charge on any atom is -0.496 e. The van der Waals surface area contributed by atoms with Gasteiger partial charge in [-0.05, 0) is 30.4 Å². The van der Waals surface area contributed by atoms with E-state index in [1.165, 1.54) is 0 Å². The molecule has 0 aliphatic rings. The quantitative estimate of drug-likeness (QED) is 0.875. The summed E-state index contributed by atoms with van der Waals surface area (Å²) in [6.07, 6.45) is 1.10. The normalized spacial score (nSPS) is 13.2. The molecule has 0 aliphatic carbocycles. The summed E-state index contributed by atoms with van der Waals surface area (Å²) >= 11 is 0. The summed E-state index contributed by atoms with van der Waals surface area (Å²) in [6.45, 7) is 6.12. The summed E-state index contributed by atoms with van der Waals surface area (Å²) in [5.41, 5.74) is 0.917. The molecular formula is C15H24O3. The number of benzene rings is 1. The summed E-state index contributed by atoms with van der Waals surface area (Å²) < 4.78 is 10.7. The van der Waals surface area contributed by atoms with Gasteiger partial charge in [0, 0.05) is 5.56 Å². The summed E-state index contributed by atoms with van der Waals surface area (Å²) in [6, 6.07) is 5.74. The maximum atomic E-state index is 10.1. The summed E-state index contributed by atoms with van der Waals surface area (Å²) in [5.74, 6) is 1.63. The fraction of sp³-hybridized carbons (Fsp3) is 0.600. The van der Waals surface area contributed by atoms with Crippen LogP contribution in [0.1, 0.15) is 32.8 Å². The van der Waals surface area contributed by atoms with Crippen LogP contribution in [0.15, 0.2) is 18.2 Å². The molecule has 0 saturated heterocycles. The van der Waals surface area contributed by atoms with E-state index >= 15 is 0 Å². The lowest BCUT2D eigenvalue weighted by atomic mass is 9.85. The second kappa shape index (κ2) is 6.10. The van der Waals surface area contributed by atoms with E-state index in [0.29, 0.717) is 6.42 Å². The molecule has 1 atom stereocenters. The fourth-order valence-electron chi connectivity index (χ4n) is 1.89. The van der Waals surface area contributed by atoms with Crippen LogP contribution >= 0.6 is 0 Å². The molecule has 1 aromatic carbocycles. The van der Waals surface area contributed by atoms with Crippen LogP contribution in [0, 0.1) is 5.41 Å². The van der Waals surface area contributed by atoms with Gasteiger partial charge < -0.3 is 14.6 Å². The lowest BCUT2D eigenvalue weighted by molar-refractivity contribution is 0.0557. The van der Waals surface area contributed by atoms with Crippen molar-refractivity contribution in [2.75, 3.05) is 14.2 Å². The lowest BCUT2D eigenvalue weighted by Gasteiger charge is -2.26. The molecule has 3 heteroatoms. The molecular weight excluding hydrogens is 228 g/mol. The molecule has 1 unspecified atom stereocenters.